The van der Waals surface area contributed by atoms with Crippen LogP contribution in [0.25, 0.3) is 5.00 Å². The minimum absolute atomic E-state index is 0.0367. The molecule has 0 spiro atoms. The second-order valence-corrected chi connectivity index (χ2v) is 8.16. The van der Waals surface area contributed by atoms with Gasteiger partial charge in [-0.05, 0) is 41.8 Å². The van der Waals surface area contributed by atoms with Crippen LogP contribution in [-0.4, -0.2) is 45.3 Å². The zero-order valence-electron chi connectivity index (χ0n) is 16.1. The van der Waals surface area contributed by atoms with Crippen LogP contribution in [0, 0.1) is 5.92 Å². The number of piperidine rings is 1. The molecule has 7 nitrogen and oxygen atoms in total. The molecule has 0 saturated carbocycles. The summed E-state index contributed by atoms with van der Waals surface area (Å²) >= 11 is 1.52. The first kappa shape index (κ1) is 19.6. The summed E-state index contributed by atoms with van der Waals surface area (Å²) in [5, 5.41) is 9.61. The number of rotatable bonds is 7. The molecule has 8 heteroatoms. The highest BCUT2D eigenvalue weighted by Gasteiger charge is 2.25. The van der Waals surface area contributed by atoms with Gasteiger partial charge in [0.2, 0.25) is 5.91 Å². The van der Waals surface area contributed by atoms with Crippen molar-refractivity contribution in [2.24, 2.45) is 5.92 Å². The molecule has 1 saturated heterocycles. The van der Waals surface area contributed by atoms with Gasteiger partial charge in [0.05, 0.1) is 6.61 Å². The SMILES string of the molecule is O=C(COCc1ccccc1)N1CCC(Cc2n[nH]c(=O)n2-c2cccs2)CC1. The number of thiophene rings is 1. The first-order valence-electron chi connectivity index (χ1n) is 9.80. The summed E-state index contributed by atoms with van der Waals surface area (Å²) in [5.74, 6) is 1.20. The normalized spacial score (nSPS) is 15.0. The van der Waals surface area contributed by atoms with Crippen LogP contribution in [0.5, 0.6) is 0 Å². The quantitative estimate of drug-likeness (QED) is 0.647. The standard InChI is InChI=1S/C21H24N4O3S/c26-19(15-28-14-17-5-2-1-3-6-17)24-10-8-16(9-11-24)13-18-22-23-21(27)25(18)20-7-4-12-29-20/h1-7,12,16H,8-11,13-15H2,(H,23,27). The molecule has 0 atom stereocenters. The summed E-state index contributed by atoms with van der Waals surface area (Å²) < 4.78 is 7.23. The van der Waals surface area contributed by atoms with Gasteiger partial charge in [-0.3, -0.25) is 4.79 Å². The number of aromatic nitrogens is 3. The average molecular weight is 413 g/mol. The highest BCUT2D eigenvalue weighted by molar-refractivity contribution is 7.12. The number of nitrogens with one attached hydrogen (secondary N) is 1. The van der Waals surface area contributed by atoms with Crippen molar-refractivity contribution in [3.05, 3.63) is 69.7 Å². The summed E-state index contributed by atoms with van der Waals surface area (Å²) in [4.78, 5) is 26.4. The van der Waals surface area contributed by atoms with Gasteiger partial charge in [-0.1, -0.05) is 30.3 Å². The van der Waals surface area contributed by atoms with Gasteiger partial charge in [0.1, 0.15) is 17.4 Å². The third-order valence-corrected chi connectivity index (χ3v) is 6.10. The number of amides is 1. The Bertz CT molecular complexity index is 973. The number of carbonyl (C=O) groups excluding carboxylic acids is 1. The van der Waals surface area contributed by atoms with E-state index in [-0.39, 0.29) is 18.2 Å². The van der Waals surface area contributed by atoms with Crippen LogP contribution in [0.1, 0.15) is 24.2 Å². The molecule has 0 unspecified atom stereocenters. The lowest BCUT2D eigenvalue weighted by molar-refractivity contribution is -0.138. The number of nitrogens with zero attached hydrogens (tertiary/aromatic N) is 3. The Balaban J connectivity index is 1.26. The van der Waals surface area contributed by atoms with Gasteiger partial charge in [0, 0.05) is 19.5 Å². The Labute approximate surface area is 172 Å². The van der Waals surface area contributed by atoms with E-state index in [1.165, 1.54) is 11.3 Å². The molecule has 1 fully saturated rings. The number of aromatic amines is 1. The van der Waals surface area contributed by atoms with Crippen molar-refractivity contribution in [1.29, 1.82) is 0 Å². The lowest BCUT2D eigenvalue weighted by Gasteiger charge is -2.31. The number of hydrogen-bond acceptors (Lipinski definition) is 5. The highest BCUT2D eigenvalue weighted by Crippen LogP contribution is 2.22. The molecule has 1 aliphatic rings. The third-order valence-electron chi connectivity index (χ3n) is 5.24. The zero-order valence-corrected chi connectivity index (χ0v) is 16.9. The lowest BCUT2D eigenvalue weighted by Crippen LogP contribution is -2.41. The summed E-state index contributed by atoms with van der Waals surface area (Å²) in [5.41, 5.74) is 0.862. The molecule has 0 radical (unpaired) electrons. The topological polar surface area (TPSA) is 80.2 Å². The van der Waals surface area contributed by atoms with Gasteiger partial charge >= 0.3 is 5.69 Å². The fourth-order valence-corrected chi connectivity index (χ4v) is 4.40. The van der Waals surface area contributed by atoms with Gasteiger partial charge < -0.3 is 9.64 Å². The number of likely N-dealkylation sites (tertiary alicyclic amines) is 1. The maximum Gasteiger partial charge on any atom is 0.348 e. The first-order chi connectivity index (χ1) is 14.2. The predicted molar refractivity (Wildman–Crippen MR) is 111 cm³/mol. The molecule has 1 aromatic carbocycles. The van der Waals surface area contributed by atoms with E-state index in [2.05, 4.69) is 10.2 Å². The molecule has 3 heterocycles. The van der Waals surface area contributed by atoms with Crippen LogP contribution in [-0.2, 0) is 22.6 Å². The van der Waals surface area contributed by atoms with Crippen molar-refractivity contribution in [2.75, 3.05) is 19.7 Å². The van der Waals surface area contributed by atoms with Crippen molar-refractivity contribution in [2.45, 2.75) is 25.9 Å². The molecule has 1 aliphatic heterocycles. The number of carbonyl (C=O) groups is 1. The molecule has 1 amide bonds. The maximum absolute atomic E-state index is 12.4. The van der Waals surface area contributed by atoms with Crippen molar-refractivity contribution in [3.63, 3.8) is 0 Å². The van der Waals surface area contributed by atoms with Gasteiger partial charge in [0.15, 0.2) is 0 Å². The highest BCUT2D eigenvalue weighted by atomic mass is 32.1. The predicted octanol–water partition coefficient (Wildman–Crippen LogP) is 2.62. The van der Waals surface area contributed by atoms with Crippen LogP contribution >= 0.6 is 11.3 Å². The molecular weight excluding hydrogens is 388 g/mol. The van der Waals surface area contributed by atoms with E-state index in [0.717, 1.165) is 35.7 Å². The largest absolute Gasteiger partial charge is 0.367 e. The van der Waals surface area contributed by atoms with E-state index in [9.17, 15) is 9.59 Å². The van der Waals surface area contributed by atoms with Gasteiger partial charge in [0.25, 0.3) is 0 Å². The summed E-state index contributed by atoms with van der Waals surface area (Å²) in [6, 6.07) is 13.7. The first-order valence-corrected chi connectivity index (χ1v) is 10.7. The van der Waals surface area contributed by atoms with Gasteiger partial charge in [-0.25, -0.2) is 14.5 Å². The van der Waals surface area contributed by atoms with Crippen molar-refractivity contribution >= 4 is 17.2 Å². The Morgan fingerprint density at radius 2 is 1.97 bits per heavy atom. The molecule has 3 aromatic rings. The lowest BCUT2D eigenvalue weighted by atomic mass is 9.93. The van der Waals surface area contributed by atoms with Gasteiger partial charge in [-0.2, -0.15) is 5.10 Å². The monoisotopic (exact) mass is 412 g/mol. The molecule has 1 N–H and O–H groups in total. The Morgan fingerprint density at radius 3 is 2.69 bits per heavy atom. The average Bonchev–Trinajstić information content (AvgIpc) is 3.39. The van der Waals surface area contributed by atoms with Crippen LogP contribution in [0.15, 0.2) is 52.6 Å². The van der Waals surface area contributed by atoms with E-state index in [1.54, 1.807) is 4.57 Å². The van der Waals surface area contributed by atoms with Crippen molar-refractivity contribution < 1.29 is 9.53 Å². The number of H-pyrrole nitrogens is 1. The van der Waals surface area contributed by atoms with E-state index >= 15 is 0 Å². The molecule has 0 bridgehead atoms. The fraction of sp³-hybridized carbons (Fsp3) is 0.381. The summed E-state index contributed by atoms with van der Waals surface area (Å²) in [7, 11) is 0. The Hall–Kier alpha value is -2.71. The molecular formula is C21H24N4O3S. The van der Waals surface area contributed by atoms with Crippen molar-refractivity contribution in [1.82, 2.24) is 19.7 Å². The smallest absolute Gasteiger partial charge is 0.348 e. The maximum atomic E-state index is 12.4. The van der Waals surface area contributed by atoms with Gasteiger partial charge in [-0.15, -0.1) is 11.3 Å². The van der Waals surface area contributed by atoms with E-state index in [4.69, 9.17) is 4.74 Å². The van der Waals surface area contributed by atoms with E-state index < -0.39 is 0 Å². The minimum atomic E-state index is -0.203. The fourth-order valence-electron chi connectivity index (χ4n) is 3.66. The molecule has 2 aromatic heterocycles. The van der Waals surface area contributed by atoms with Crippen LogP contribution in [0.2, 0.25) is 0 Å². The molecule has 29 heavy (non-hydrogen) atoms. The number of ether oxygens (including phenoxy) is 1. The molecule has 152 valence electrons. The minimum Gasteiger partial charge on any atom is -0.367 e. The second kappa shape index (κ2) is 9.19. The number of benzene rings is 1. The summed E-state index contributed by atoms with van der Waals surface area (Å²) in [6.07, 6.45) is 2.52. The Kier molecular flexibility index (Phi) is 6.21. The molecule has 4 rings (SSSR count). The van der Waals surface area contributed by atoms with E-state index in [0.29, 0.717) is 25.6 Å². The molecule has 0 aliphatic carbocycles. The zero-order chi connectivity index (χ0) is 20.1. The van der Waals surface area contributed by atoms with Crippen LogP contribution in [0.4, 0.5) is 0 Å². The summed E-state index contributed by atoms with van der Waals surface area (Å²) in [6.45, 7) is 1.98. The van der Waals surface area contributed by atoms with Crippen LogP contribution in [0.3, 0.4) is 0 Å². The second-order valence-electron chi connectivity index (χ2n) is 7.24. The third kappa shape index (κ3) is 4.83. The van der Waals surface area contributed by atoms with Crippen molar-refractivity contribution in [3.8, 4) is 5.00 Å². The van der Waals surface area contributed by atoms with Crippen LogP contribution < -0.4 is 5.69 Å². The van der Waals surface area contributed by atoms with E-state index in [1.807, 2.05) is 52.7 Å². The Morgan fingerprint density at radius 1 is 1.17 bits per heavy atom. The number of hydrogen-bond donors (Lipinski definition) is 1.